The number of hydrogen-bond acceptors (Lipinski definition) is 6. The lowest BCUT2D eigenvalue weighted by molar-refractivity contribution is -0.136. The van der Waals surface area contributed by atoms with Crippen molar-refractivity contribution in [3.05, 3.63) is 46.6 Å². The Labute approximate surface area is 223 Å². The zero-order chi connectivity index (χ0) is 26.7. The van der Waals surface area contributed by atoms with Crippen molar-refractivity contribution < 1.29 is 27.4 Å². The summed E-state index contributed by atoms with van der Waals surface area (Å²) < 4.78 is 52.3. The van der Waals surface area contributed by atoms with Gasteiger partial charge in [-0.05, 0) is 48.9 Å². The Kier molecular flexibility index (Phi) is 5.96. The number of ether oxygens (including phenoxy) is 2. The van der Waals surface area contributed by atoms with Crippen molar-refractivity contribution in [1.82, 2.24) is 19.8 Å². The highest BCUT2D eigenvalue weighted by molar-refractivity contribution is 5.98. The number of hydrogen-bond donors (Lipinski definition) is 2. The molecular formula is C28H30F3N5O3. The first-order valence-corrected chi connectivity index (χ1v) is 13.6. The average Bonchev–Trinajstić information content (AvgIpc) is 3.31. The normalized spacial score (nSPS) is 21.8. The quantitative estimate of drug-likeness (QED) is 0.488. The van der Waals surface area contributed by atoms with Gasteiger partial charge in [0.05, 0.1) is 31.1 Å². The number of benzene rings is 1. The van der Waals surface area contributed by atoms with Crippen molar-refractivity contribution in [3.63, 3.8) is 0 Å². The standard InChI is InChI=1S/C28H30F3N5O3/c29-28(30,31)21-14-32-26-24(21)20(16-1-2-16)13-23(34-26)33-22-4-3-19(18-6-10-39-25(18)22)27(37)36-7-5-17(15-36)35-8-11-38-12-9-35/h3-4,13-14,16-17H,1-2,5-12,15H2,(H2,32,33,34)/t17-/m0/s1. The highest BCUT2D eigenvalue weighted by Crippen LogP contribution is 2.47. The Bertz CT molecular complexity index is 1430. The van der Waals surface area contributed by atoms with Gasteiger partial charge in [0.15, 0.2) is 0 Å². The molecule has 0 spiro atoms. The molecule has 206 valence electrons. The van der Waals surface area contributed by atoms with Crippen LogP contribution in [0.25, 0.3) is 11.0 Å². The fourth-order valence-corrected chi connectivity index (χ4v) is 6.24. The Morgan fingerprint density at radius 2 is 1.92 bits per heavy atom. The number of halogens is 3. The molecule has 1 atom stereocenters. The van der Waals surface area contributed by atoms with E-state index in [2.05, 4.69) is 20.2 Å². The molecule has 2 saturated heterocycles. The van der Waals surface area contributed by atoms with Crippen LogP contribution in [0.1, 0.15) is 52.2 Å². The Hall–Kier alpha value is -3.31. The molecule has 1 saturated carbocycles. The maximum absolute atomic E-state index is 13.6. The van der Waals surface area contributed by atoms with E-state index in [-0.39, 0.29) is 22.9 Å². The van der Waals surface area contributed by atoms with Crippen LogP contribution in [0, 0.1) is 0 Å². The van der Waals surface area contributed by atoms with E-state index in [0.717, 1.165) is 63.9 Å². The van der Waals surface area contributed by atoms with E-state index in [4.69, 9.17) is 9.47 Å². The zero-order valence-corrected chi connectivity index (χ0v) is 21.4. The number of rotatable bonds is 5. The van der Waals surface area contributed by atoms with E-state index in [0.29, 0.717) is 54.0 Å². The molecule has 3 aliphatic heterocycles. The van der Waals surface area contributed by atoms with Crippen molar-refractivity contribution >= 4 is 28.4 Å². The van der Waals surface area contributed by atoms with Gasteiger partial charge in [0, 0.05) is 61.4 Å². The van der Waals surface area contributed by atoms with Gasteiger partial charge >= 0.3 is 6.18 Å². The maximum Gasteiger partial charge on any atom is 0.418 e. The monoisotopic (exact) mass is 541 g/mol. The second kappa shape index (κ2) is 9.41. The number of carbonyl (C=O) groups is 1. The molecule has 3 aromatic rings. The summed E-state index contributed by atoms with van der Waals surface area (Å²) in [5, 5.41) is 3.42. The molecule has 39 heavy (non-hydrogen) atoms. The summed E-state index contributed by atoms with van der Waals surface area (Å²) in [6.07, 6.45) is -0.156. The fourth-order valence-electron chi connectivity index (χ4n) is 6.24. The second-order valence-electron chi connectivity index (χ2n) is 10.8. The number of likely N-dealkylation sites (tertiary alicyclic amines) is 1. The van der Waals surface area contributed by atoms with Crippen molar-refractivity contribution in [2.75, 3.05) is 51.3 Å². The van der Waals surface area contributed by atoms with Crippen LogP contribution in [0.3, 0.4) is 0 Å². The summed E-state index contributed by atoms with van der Waals surface area (Å²) in [5.41, 5.74) is 2.36. The summed E-state index contributed by atoms with van der Waals surface area (Å²) in [6.45, 7) is 5.17. The van der Waals surface area contributed by atoms with Gasteiger partial charge in [-0.25, -0.2) is 4.98 Å². The molecule has 0 bridgehead atoms. The average molecular weight is 542 g/mol. The molecule has 11 heteroatoms. The lowest BCUT2D eigenvalue weighted by Gasteiger charge is -2.32. The van der Waals surface area contributed by atoms with E-state index in [1.165, 1.54) is 0 Å². The number of nitrogens with one attached hydrogen (secondary N) is 2. The zero-order valence-electron chi connectivity index (χ0n) is 21.4. The predicted octanol–water partition coefficient (Wildman–Crippen LogP) is 4.68. The lowest BCUT2D eigenvalue weighted by atomic mass is 10.0. The van der Waals surface area contributed by atoms with E-state index < -0.39 is 11.7 Å². The van der Waals surface area contributed by atoms with Gasteiger partial charge in [0.1, 0.15) is 17.2 Å². The van der Waals surface area contributed by atoms with Crippen LogP contribution >= 0.6 is 0 Å². The van der Waals surface area contributed by atoms with Gasteiger partial charge in [-0.2, -0.15) is 13.2 Å². The molecule has 1 aliphatic carbocycles. The third-order valence-electron chi connectivity index (χ3n) is 8.36. The molecule has 2 N–H and O–H groups in total. The summed E-state index contributed by atoms with van der Waals surface area (Å²) in [6, 6.07) is 5.72. The first kappa shape index (κ1) is 24.7. The number of aromatic nitrogens is 2. The van der Waals surface area contributed by atoms with E-state index in [9.17, 15) is 18.0 Å². The third kappa shape index (κ3) is 4.51. The number of amides is 1. The topological polar surface area (TPSA) is 82.7 Å². The molecule has 0 radical (unpaired) electrons. The molecule has 4 aliphatic rings. The van der Waals surface area contributed by atoms with Crippen LogP contribution in [0.5, 0.6) is 5.75 Å². The van der Waals surface area contributed by atoms with Gasteiger partial charge in [-0.3, -0.25) is 9.69 Å². The van der Waals surface area contributed by atoms with Crippen LogP contribution < -0.4 is 10.1 Å². The van der Waals surface area contributed by atoms with Gasteiger partial charge in [0.2, 0.25) is 0 Å². The SMILES string of the molecule is O=C(c1ccc(Nc2cc(C3CC3)c3c(C(F)(F)F)c[nH]c3n2)c2c1CCO2)N1CC[C@H](N2CCOCC2)C1. The fraction of sp³-hybridized carbons (Fsp3) is 0.500. The lowest BCUT2D eigenvalue weighted by Crippen LogP contribution is -2.45. The van der Waals surface area contributed by atoms with Gasteiger partial charge < -0.3 is 24.7 Å². The maximum atomic E-state index is 13.6. The first-order valence-electron chi connectivity index (χ1n) is 13.6. The van der Waals surface area contributed by atoms with Crippen molar-refractivity contribution in [2.24, 2.45) is 0 Å². The predicted molar refractivity (Wildman–Crippen MR) is 139 cm³/mol. The van der Waals surface area contributed by atoms with Gasteiger partial charge in [-0.15, -0.1) is 0 Å². The molecule has 5 heterocycles. The first-order chi connectivity index (χ1) is 18.9. The molecule has 7 rings (SSSR count). The number of aromatic amines is 1. The highest BCUT2D eigenvalue weighted by Gasteiger charge is 2.38. The van der Waals surface area contributed by atoms with Crippen LogP contribution in [-0.4, -0.2) is 77.7 Å². The molecule has 8 nitrogen and oxygen atoms in total. The summed E-state index contributed by atoms with van der Waals surface area (Å²) >= 11 is 0. The Morgan fingerprint density at radius 1 is 1.10 bits per heavy atom. The molecule has 1 amide bonds. The minimum atomic E-state index is -4.45. The molecule has 1 aromatic carbocycles. The minimum absolute atomic E-state index is 0.0145. The van der Waals surface area contributed by atoms with Gasteiger partial charge in [0.25, 0.3) is 5.91 Å². The van der Waals surface area contributed by atoms with Crippen LogP contribution in [0.15, 0.2) is 24.4 Å². The smallest absolute Gasteiger partial charge is 0.418 e. The molecule has 3 fully saturated rings. The molecular weight excluding hydrogens is 511 g/mol. The van der Waals surface area contributed by atoms with Crippen molar-refractivity contribution in [1.29, 1.82) is 0 Å². The number of morpholine rings is 1. The third-order valence-corrected chi connectivity index (χ3v) is 8.36. The second-order valence-corrected chi connectivity index (χ2v) is 10.8. The van der Waals surface area contributed by atoms with E-state index in [1.54, 1.807) is 6.07 Å². The highest BCUT2D eigenvalue weighted by atomic mass is 19.4. The van der Waals surface area contributed by atoms with Crippen LogP contribution in [-0.2, 0) is 17.3 Å². The van der Waals surface area contributed by atoms with Gasteiger partial charge in [-0.1, -0.05) is 0 Å². The summed E-state index contributed by atoms with van der Waals surface area (Å²) in [7, 11) is 0. The summed E-state index contributed by atoms with van der Waals surface area (Å²) in [5.74, 6) is 1.17. The van der Waals surface area contributed by atoms with E-state index in [1.807, 2.05) is 17.0 Å². The van der Waals surface area contributed by atoms with Crippen molar-refractivity contribution in [3.8, 4) is 5.75 Å². The largest absolute Gasteiger partial charge is 0.491 e. The number of anilines is 2. The Balaban J connectivity index is 1.15. The number of alkyl halides is 3. The summed E-state index contributed by atoms with van der Waals surface area (Å²) in [4.78, 5) is 25.1. The Morgan fingerprint density at radius 3 is 2.69 bits per heavy atom. The number of H-pyrrole nitrogens is 1. The number of nitrogens with zero attached hydrogens (tertiary/aromatic N) is 3. The van der Waals surface area contributed by atoms with Crippen molar-refractivity contribution in [2.45, 2.75) is 43.8 Å². The van der Waals surface area contributed by atoms with Crippen LogP contribution in [0.4, 0.5) is 24.7 Å². The van der Waals surface area contributed by atoms with E-state index >= 15 is 0 Å². The number of pyridine rings is 1. The molecule has 0 unspecified atom stereocenters. The number of fused-ring (bicyclic) bond motifs is 2. The minimum Gasteiger partial charge on any atom is -0.491 e. The number of carbonyl (C=O) groups excluding carboxylic acids is 1. The molecule has 2 aromatic heterocycles. The van der Waals surface area contributed by atoms with Crippen LogP contribution in [0.2, 0.25) is 0 Å².